The van der Waals surface area contributed by atoms with Crippen molar-refractivity contribution in [3.05, 3.63) is 42.5 Å². The molecule has 0 amide bonds. The minimum absolute atomic E-state index is 0.0985. The van der Waals surface area contributed by atoms with Gasteiger partial charge in [0.2, 0.25) is 0 Å². The van der Waals surface area contributed by atoms with Gasteiger partial charge in [-0.1, -0.05) is 18.2 Å². The summed E-state index contributed by atoms with van der Waals surface area (Å²) in [5, 5.41) is 0. The third-order valence-electron chi connectivity index (χ3n) is 2.22. The molecule has 1 rings (SSSR count). The van der Waals surface area contributed by atoms with E-state index >= 15 is 0 Å². The van der Waals surface area contributed by atoms with Gasteiger partial charge >= 0.3 is 6.61 Å². The largest absolute Gasteiger partial charge is 0.435 e. The van der Waals surface area contributed by atoms with E-state index < -0.39 is 6.61 Å². The van der Waals surface area contributed by atoms with E-state index in [-0.39, 0.29) is 11.8 Å². The number of alkyl halides is 2. The summed E-state index contributed by atoms with van der Waals surface area (Å²) in [6.07, 6.45) is 3.42. The second-order valence-electron chi connectivity index (χ2n) is 3.42. The molecule has 0 aromatic heterocycles. The summed E-state index contributed by atoms with van der Waals surface area (Å²) in [6.45, 7) is 0.823. The van der Waals surface area contributed by atoms with Gasteiger partial charge in [0.05, 0.1) is 0 Å². The first-order valence-electron chi connectivity index (χ1n) is 5.04. The van der Waals surface area contributed by atoms with Gasteiger partial charge in [0.1, 0.15) is 5.75 Å². The molecule has 1 aromatic carbocycles. The number of halogens is 2. The molecule has 1 atom stereocenters. The van der Waals surface area contributed by atoms with Gasteiger partial charge in [-0.3, -0.25) is 0 Å². The van der Waals surface area contributed by atoms with Crippen molar-refractivity contribution >= 4 is 0 Å². The van der Waals surface area contributed by atoms with E-state index in [0.717, 1.165) is 18.4 Å². The summed E-state index contributed by atoms with van der Waals surface area (Å²) >= 11 is 0. The molecular formula is C12H15F2NO. The molecule has 0 aliphatic heterocycles. The van der Waals surface area contributed by atoms with Crippen LogP contribution in [0, 0.1) is 0 Å². The van der Waals surface area contributed by atoms with Crippen LogP contribution in [-0.4, -0.2) is 6.61 Å². The fourth-order valence-electron chi connectivity index (χ4n) is 1.36. The SMILES string of the molecule is C=CCCC(N)c1ccc(OC(F)F)cc1. The number of ether oxygens (including phenoxy) is 1. The Balaban J connectivity index is 2.59. The van der Waals surface area contributed by atoms with Gasteiger partial charge in [-0.25, -0.2) is 0 Å². The smallest absolute Gasteiger partial charge is 0.387 e. The van der Waals surface area contributed by atoms with Crippen LogP contribution in [-0.2, 0) is 0 Å². The summed E-state index contributed by atoms with van der Waals surface area (Å²) in [5.74, 6) is 0.148. The molecule has 0 saturated carbocycles. The van der Waals surface area contributed by atoms with Gasteiger partial charge in [-0.05, 0) is 30.5 Å². The fraction of sp³-hybridized carbons (Fsp3) is 0.333. The molecule has 16 heavy (non-hydrogen) atoms. The van der Waals surface area contributed by atoms with Crippen molar-refractivity contribution in [2.75, 3.05) is 0 Å². The Morgan fingerprint density at radius 1 is 1.31 bits per heavy atom. The van der Waals surface area contributed by atoms with Gasteiger partial charge in [0.15, 0.2) is 0 Å². The highest BCUT2D eigenvalue weighted by Crippen LogP contribution is 2.20. The third kappa shape index (κ3) is 3.98. The Labute approximate surface area is 93.7 Å². The Morgan fingerprint density at radius 2 is 1.94 bits per heavy atom. The van der Waals surface area contributed by atoms with Gasteiger partial charge < -0.3 is 10.5 Å². The quantitative estimate of drug-likeness (QED) is 0.757. The number of rotatable bonds is 6. The van der Waals surface area contributed by atoms with Crippen LogP contribution in [0.5, 0.6) is 5.75 Å². The summed E-state index contributed by atoms with van der Waals surface area (Å²) in [4.78, 5) is 0. The lowest BCUT2D eigenvalue weighted by atomic mass is 10.0. The summed E-state index contributed by atoms with van der Waals surface area (Å²) in [7, 11) is 0. The highest BCUT2D eigenvalue weighted by atomic mass is 19.3. The lowest BCUT2D eigenvalue weighted by Gasteiger charge is -2.11. The van der Waals surface area contributed by atoms with Crippen molar-refractivity contribution < 1.29 is 13.5 Å². The Bertz CT molecular complexity index is 324. The van der Waals surface area contributed by atoms with Crippen molar-refractivity contribution in [2.45, 2.75) is 25.5 Å². The molecule has 0 bridgehead atoms. The zero-order valence-corrected chi connectivity index (χ0v) is 8.90. The highest BCUT2D eigenvalue weighted by Gasteiger charge is 2.07. The summed E-state index contributed by atoms with van der Waals surface area (Å²) in [5.41, 5.74) is 6.80. The standard InChI is InChI=1S/C12H15F2NO/c1-2-3-4-11(15)9-5-7-10(8-6-9)16-12(13)14/h2,5-8,11-12H,1,3-4,15H2. The van der Waals surface area contributed by atoms with E-state index in [1.807, 2.05) is 0 Å². The maximum Gasteiger partial charge on any atom is 0.387 e. The van der Waals surface area contributed by atoms with Crippen molar-refractivity contribution in [2.24, 2.45) is 5.73 Å². The predicted octanol–water partition coefficient (Wildman–Crippen LogP) is 3.25. The Hall–Kier alpha value is -1.42. The van der Waals surface area contributed by atoms with Crippen LogP contribution < -0.4 is 10.5 Å². The third-order valence-corrected chi connectivity index (χ3v) is 2.22. The number of hydrogen-bond acceptors (Lipinski definition) is 2. The predicted molar refractivity (Wildman–Crippen MR) is 59.4 cm³/mol. The molecule has 0 radical (unpaired) electrons. The lowest BCUT2D eigenvalue weighted by Crippen LogP contribution is -2.09. The van der Waals surface area contributed by atoms with E-state index in [1.54, 1.807) is 18.2 Å². The maximum atomic E-state index is 11.9. The maximum absolute atomic E-state index is 11.9. The molecule has 4 heteroatoms. The highest BCUT2D eigenvalue weighted by molar-refractivity contribution is 5.29. The monoisotopic (exact) mass is 227 g/mol. The Morgan fingerprint density at radius 3 is 2.44 bits per heavy atom. The zero-order valence-electron chi connectivity index (χ0n) is 8.90. The van der Waals surface area contributed by atoms with Crippen LogP contribution in [0.2, 0.25) is 0 Å². The molecule has 0 fully saturated rings. The number of benzene rings is 1. The summed E-state index contributed by atoms with van der Waals surface area (Å²) < 4.78 is 28.0. The lowest BCUT2D eigenvalue weighted by molar-refractivity contribution is -0.0498. The molecule has 1 aromatic rings. The van der Waals surface area contributed by atoms with Crippen LogP contribution in [0.25, 0.3) is 0 Å². The minimum Gasteiger partial charge on any atom is -0.435 e. The van der Waals surface area contributed by atoms with E-state index in [0.29, 0.717) is 0 Å². The average molecular weight is 227 g/mol. The Kier molecular flexibility index (Phi) is 4.92. The molecule has 0 spiro atoms. The number of allylic oxidation sites excluding steroid dienone is 1. The molecule has 0 saturated heterocycles. The first-order valence-corrected chi connectivity index (χ1v) is 5.04. The average Bonchev–Trinajstić information content (AvgIpc) is 2.26. The first-order chi connectivity index (χ1) is 7.63. The van der Waals surface area contributed by atoms with Crippen LogP contribution in [0.15, 0.2) is 36.9 Å². The molecule has 0 aliphatic rings. The van der Waals surface area contributed by atoms with Crippen molar-refractivity contribution in [3.8, 4) is 5.75 Å². The van der Waals surface area contributed by atoms with Gasteiger partial charge in [0, 0.05) is 6.04 Å². The number of hydrogen-bond donors (Lipinski definition) is 1. The van der Waals surface area contributed by atoms with Crippen molar-refractivity contribution in [1.82, 2.24) is 0 Å². The summed E-state index contributed by atoms with van der Waals surface area (Å²) in [6, 6.07) is 6.29. The van der Waals surface area contributed by atoms with Crippen molar-refractivity contribution in [3.63, 3.8) is 0 Å². The molecule has 2 nitrogen and oxygen atoms in total. The van der Waals surface area contributed by atoms with Gasteiger partial charge in [0.25, 0.3) is 0 Å². The van der Waals surface area contributed by atoms with E-state index in [2.05, 4.69) is 11.3 Å². The molecule has 0 aliphatic carbocycles. The molecular weight excluding hydrogens is 212 g/mol. The normalized spacial score (nSPS) is 12.5. The van der Waals surface area contributed by atoms with Crippen molar-refractivity contribution in [1.29, 1.82) is 0 Å². The molecule has 2 N–H and O–H groups in total. The van der Waals surface area contributed by atoms with Crippen LogP contribution >= 0.6 is 0 Å². The van der Waals surface area contributed by atoms with Crippen LogP contribution in [0.1, 0.15) is 24.4 Å². The fourth-order valence-corrected chi connectivity index (χ4v) is 1.36. The minimum atomic E-state index is -2.79. The van der Waals surface area contributed by atoms with E-state index in [1.165, 1.54) is 12.1 Å². The van der Waals surface area contributed by atoms with Gasteiger partial charge in [-0.2, -0.15) is 8.78 Å². The van der Waals surface area contributed by atoms with E-state index in [4.69, 9.17) is 5.73 Å². The second kappa shape index (κ2) is 6.23. The number of nitrogens with two attached hydrogens (primary N) is 1. The van der Waals surface area contributed by atoms with E-state index in [9.17, 15) is 8.78 Å². The van der Waals surface area contributed by atoms with Crippen LogP contribution in [0.3, 0.4) is 0 Å². The van der Waals surface area contributed by atoms with Crippen LogP contribution in [0.4, 0.5) is 8.78 Å². The molecule has 88 valence electrons. The molecule has 0 heterocycles. The first kappa shape index (κ1) is 12.6. The molecule has 1 unspecified atom stereocenters. The second-order valence-corrected chi connectivity index (χ2v) is 3.42. The van der Waals surface area contributed by atoms with Gasteiger partial charge in [-0.15, -0.1) is 6.58 Å². The zero-order chi connectivity index (χ0) is 12.0. The topological polar surface area (TPSA) is 35.2 Å².